The summed E-state index contributed by atoms with van der Waals surface area (Å²) in [5.41, 5.74) is 1.99. The van der Waals surface area contributed by atoms with Gasteiger partial charge in [-0.05, 0) is 36.6 Å². The third-order valence-corrected chi connectivity index (χ3v) is 4.15. The summed E-state index contributed by atoms with van der Waals surface area (Å²) in [6.45, 7) is 0.804. The summed E-state index contributed by atoms with van der Waals surface area (Å²) >= 11 is 0. The van der Waals surface area contributed by atoms with Crippen molar-refractivity contribution >= 4 is 16.9 Å². The normalized spacial score (nSPS) is 10.9. The highest BCUT2D eigenvalue weighted by Gasteiger charge is 2.08. The number of benzene rings is 2. The molecule has 0 spiro atoms. The Morgan fingerprint density at radius 3 is 2.72 bits per heavy atom. The minimum Gasteiger partial charge on any atom is -0.356 e. The first-order valence-electron chi connectivity index (χ1n) is 8.33. The van der Waals surface area contributed by atoms with Crippen LogP contribution in [-0.2, 0) is 17.8 Å². The van der Waals surface area contributed by atoms with Crippen LogP contribution in [0.4, 0.5) is 4.39 Å². The van der Waals surface area contributed by atoms with Gasteiger partial charge in [-0.3, -0.25) is 9.36 Å². The Kier molecular flexibility index (Phi) is 5.28. The Morgan fingerprint density at radius 2 is 1.88 bits per heavy atom. The van der Waals surface area contributed by atoms with Crippen LogP contribution >= 0.6 is 0 Å². The van der Waals surface area contributed by atoms with E-state index in [0.717, 1.165) is 11.0 Å². The predicted molar refractivity (Wildman–Crippen MR) is 94.9 cm³/mol. The maximum atomic E-state index is 13.5. The van der Waals surface area contributed by atoms with E-state index in [1.165, 1.54) is 6.07 Å². The number of imidazole rings is 1. The van der Waals surface area contributed by atoms with E-state index in [0.29, 0.717) is 31.5 Å². The van der Waals surface area contributed by atoms with E-state index in [4.69, 9.17) is 0 Å². The topological polar surface area (TPSA) is 66.9 Å². The summed E-state index contributed by atoms with van der Waals surface area (Å²) in [6, 6.07) is 14.0. The standard InChI is InChI=1S/C19H20FN3O2/c20-15-8-2-1-6-14(15)7-5-12-21-18(24)11-13-23-17-10-4-3-9-16(17)22-19(23)25/h1-4,6,8-10H,5,7,11-13H2,(H,21,24)(H,22,25). The number of aromatic amines is 1. The van der Waals surface area contributed by atoms with Crippen LogP contribution in [0, 0.1) is 5.82 Å². The van der Waals surface area contributed by atoms with Crippen LogP contribution in [0.5, 0.6) is 0 Å². The number of nitrogens with one attached hydrogen (secondary N) is 2. The van der Waals surface area contributed by atoms with Gasteiger partial charge in [-0.15, -0.1) is 0 Å². The molecule has 3 aromatic rings. The summed E-state index contributed by atoms with van der Waals surface area (Å²) in [5.74, 6) is -0.335. The number of carbonyl (C=O) groups excluding carboxylic acids is 1. The van der Waals surface area contributed by atoms with E-state index in [-0.39, 0.29) is 23.8 Å². The van der Waals surface area contributed by atoms with Gasteiger partial charge in [0.05, 0.1) is 11.0 Å². The number of amides is 1. The first-order chi connectivity index (χ1) is 12.1. The number of hydrogen-bond donors (Lipinski definition) is 2. The molecule has 0 radical (unpaired) electrons. The van der Waals surface area contributed by atoms with E-state index in [1.807, 2.05) is 24.3 Å². The van der Waals surface area contributed by atoms with Crippen LogP contribution < -0.4 is 11.0 Å². The lowest BCUT2D eigenvalue weighted by atomic mass is 10.1. The molecule has 3 rings (SSSR count). The number of nitrogens with zero attached hydrogens (tertiary/aromatic N) is 1. The van der Waals surface area contributed by atoms with Crippen molar-refractivity contribution in [3.05, 3.63) is 70.4 Å². The van der Waals surface area contributed by atoms with Crippen LogP contribution in [0.1, 0.15) is 18.4 Å². The lowest BCUT2D eigenvalue weighted by Crippen LogP contribution is -2.27. The minimum atomic E-state index is -0.215. The highest BCUT2D eigenvalue weighted by atomic mass is 19.1. The van der Waals surface area contributed by atoms with E-state index >= 15 is 0 Å². The zero-order valence-corrected chi connectivity index (χ0v) is 13.8. The summed E-state index contributed by atoms with van der Waals surface area (Å²) in [6.07, 6.45) is 1.47. The van der Waals surface area contributed by atoms with Crippen molar-refractivity contribution in [3.8, 4) is 0 Å². The second-order valence-electron chi connectivity index (χ2n) is 5.89. The average Bonchev–Trinajstić information content (AvgIpc) is 2.93. The fourth-order valence-corrected chi connectivity index (χ4v) is 2.84. The Morgan fingerprint density at radius 1 is 1.12 bits per heavy atom. The molecule has 1 heterocycles. The zero-order valence-electron chi connectivity index (χ0n) is 13.8. The van der Waals surface area contributed by atoms with E-state index in [2.05, 4.69) is 10.3 Å². The molecule has 130 valence electrons. The van der Waals surface area contributed by atoms with Gasteiger partial charge in [-0.25, -0.2) is 9.18 Å². The number of fused-ring (bicyclic) bond motifs is 1. The molecule has 0 aliphatic carbocycles. The predicted octanol–water partition coefficient (Wildman–Crippen LogP) is 2.61. The highest BCUT2D eigenvalue weighted by molar-refractivity contribution is 5.77. The lowest BCUT2D eigenvalue weighted by Gasteiger charge is -2.07. The molecule has 0 atom stereocenters. The molecule has 1 aromatic heterocycles. The van der Waals surface area contributed by atoms with Crippen molar-refractivity contribution in [2.45, 2.75) is 25.8 Å². The molecule has 25 heavy (non-hydrogen) atoms. The smallest absolute Gasteiger partial charge is 0.326 e. The SMILES string of the molecule is O=C(CCn1c(=O)[nH]c2ccccc21)NCCCc1ccccc1F. The van der Waals surface area contributed by atoms with Gasteiger partial charge in [0.1, 0.15) is 5.82 Å². The largest absolute Gasteiger partial charge is 0.356 e. The van der Waals surface area contributed by atoms with Crippen molar-refractivity contribution in [3.63, 3.8) is 0 Å². The molecule has 1 amide bonds. The second-order valence-corrected chi connectivity index (χ2v) is 5.89. The van der Waals surface area contributed by atoms with Gasteiger partial charge in [0.25, 0.3) is 0 Å². The third-order valence-electron chi connectivity index (χ3n) is 4.15. The monoisotopic (exact) mass is 341 g/mol. The highest BCUT2D eigenvalue weighted by Crippen LogP contribution is 2.10. The molecule has 5 nitrogen and oxygen atoms in total. The minimum absolute atomic E-state index is 0.120. The van der Waals surface area contributed by atoms with Gasteiger partial charge >= 0.3 is 5.69 Å². The zero-order chi connectivity index (χ0) is 17.6. The van der Waals surface area contributed by atoms with E-state index < -0.39 is 0 Å². The van der Waals surface area contributed by atoms with Crippen molar-refractivity contribution in [1.82, 2.24) is 14.9 Å². The molecule has 0 saturated heterocycles. The number of aryl methyl sites for hydroxylation is 2. The molecular formula is C19H20FN3O2. The molecule has 2 aromatic carbocycles. The number of hydrogen-bond acceptors (Lipinski definition) is 2. The molecule has 0 saturated carbocycles. The maximum absolute atomic E-state index is 13.5. The number of carbonyl (C=O) groups is 1. The van der Waals surface area contributed by atoms with Crippen molar-refractivity contribution in [2.24, 2.45) is 0 Å². The molecule has 0 aliphatic rings. The fraction of sp³-hybridized carbons (Fsp3) is 0.263. The third kappa shape index (κ3) is 4.15. The lowest BCUT2D eigenvalue weighted by molar-refractivity contribution is -0.121. The number of halogens is 1. The van der Waals surface area contributed by atoms with Crippen LogP contribution in [0.15, 0.2) is 53.3 Å². The molecule has 6 heteroatoms. The van der Waals surface area contributed by atoms with Crippen LogP contribution in [-0.4, -0.2) is 22.0 Å². The van der Waals surface area contributed by atoms with Gasteiger partial charge in [-0.1, -0.05) is 30.3 Å². The Bertz CT molecular complexity index is 930. The molecule has 2 N–H and O–H groups in total. The fourth-order valence-electron chi connectivity index (χ4n) is 2.84. The summed E-state index contributed by atoms with van der Waals surface area (Å²) in [5, 5.41) is 2.82. The number of rotatable bonds is 7. The first kappa shape index (κ1) is 17.0. The molecule has 0 unspecified atom stereocenters. The van der Waals surface area contributed by atoms with Crippen LogP contribution in [0.25, 0.3) is 11.0 Å². The van der Waals surface area contributed by atoms with E-state index in [9.17, 15) is 14.0 Å². The van der Waals surface area contributed by atoms with Crippen molar-refractivity contribution < 1.29 is 9.18 Å². The maximum Gasteiger partial charge on any atom is 0.326 e. The molecule has 0 fully saturated rings. The van der Waals surface area contributed by atoms with Gasteiger partial charge in [0.2, 0.25) is 5.91 Å². The number of H-pyrrole nitrogens is 1. The summed E-state index contributed by atoms with van der Waals surface area (Å²) in [7, 11) is 0. The second kappa shape index (κ2) is 7.79. The molecular weight excluding hydrogens is 321 g/mol. The van der Waals surface area contributed by atoms with Crippen molar-refractivity contribution in [1.29, 1.82) is 0 Å². The quantitative estimate of drug-likeness (QED) is 0.649. The average molecular weight is 341 g/mol. The Hall–Kier alpha value is -2.89. The van der Waals surface area contributed by atoms with Crippen LogP contribution in [0.3, 0.4) is 0 Å². The van der Waals surface area contributed by atoms with Crippen LogP contribution in [0.2, 0.25) is 0 Å². The van der Waals surface area contributed by atoms with Gasteiger partial charge in [-0.2, -0.15) is 0 Å². The Labute approximate surface area is 144 Å². The number of aromatic nitrogens is 2. The van der Waals surface area contributed by atoms with Gasteiger partial charge < -0.3 is 10.3 Å². The Balaban J connectivity index is 1.46. The number of para-hydroxylation sites is 2. The van der Waals surface area contributed by atoms with E-state index in [1.54, 1.807) is 22.8 Å². The summed E-state index contributed by atoms with van der Waals surface area (Å²) < 4.78 is 15.1. The molecule has 0 bridgehead atoms. The summed E-state index contributed by atoms with van der Waals surface area (Å²) in [4.78, 5) is 26.7. The van der Waals surface area contributed by atoms with Gasteiger partial charge in [0, 0.05) is 19.5 Å². The first-order valence-corrected chi connectivity index (χ1v) is 8.33. The van der Waals surface area contributed by atoms with Crippen molar-refractivity contribution in [2.75, 3.05) is 6.54 Å². The molecule has 0 aliphatic heterocycles. The van der Waals surface area contributed by atoms with Gasteiger partial charge in [0.15, 0.2) is 0 Å².